The number of hydrogen-bond donors (Lipinski definition) is 0. The monoisotopic (exact) mass is 364 g/mol. The van der Waals surface area contributed by atoms with Gasteiger partial charge in [0.05, 0.1) is 5.38 Å². The Balaban J connectivity index is 1.95. The van der Waals surface area contributed by atoms with Gasteiger partial charge in [-0.15, -0.1) is 11.6 Å². The van der Waals surface area contributed by atoms with Crippen molar-refractivity contribution in [1.82, 2.24) is 0 Å². The standard InChI is InChI=1S/C18H18BrClO/c1-11-4-6-14(15(19)8-11)17(20)12-5-7-16-13(9-12)10-18(2,3)21-16/h4-9,17H,10H2,1-3H3. The fourth-order valence-electron chi connectivity index (χ4n) is 2.80. The van der Waals surface area contributed by atoms with Crippen LogP contribution in [0.25, 0.3) is 0 Å². The molecule has 1 nitrogen and oxygen atoms in total. The molecule has 1 atom stereocenters. The molecule has 2 aromatic rings. The zero-order valence-electron chi connectivity index (χ0n) is 12.4. The fourth-order valence-corrected chi connectivity index (χ4v) is 3.98. The maximum absolute atomic E-state index is 6.69. The number of alkyl halides is 1. The molecule has 1 unspecified atom stereocenters. The summed E-state index contributed by atoms with van der Waals surface area (Å²) < 4.78 is 6.98. The van der Waals surface area contributed by atoms with Crippen LogP contribution in [0.5, 0.6) is 5.75 Å². The second kappa shape index (κ2) is 5.33. The van der Waals surface area contributed by atoms with Gasteiger partial charge in [-0.2, -0.15) is 0 Å². The molecule has 1 aliphatic rings. The molecule has 0 N–H and O–H groups in total. The van der Waals surface area contributed by atoms with Crippen molar-refractivity contribution in [1.29, 1.82) is 0 Å². The Morgan fingerprint density at radius 2 is 1.95 bits per heavy atom. The largest absolute Gasteiger partial charge is 0.487 e. The Labute approximate surface area is 139 Å². The minimum Gasteiger partial charge on any atom is -0.487 e. The summed E-state index contributed by atoms with van der Waals surface area (Å²) in [5, 5.41) is -0.158. The van der Waals surface area contributed by atoms with Gasteiger partial charge >= 0.3 is 0 Å². The normalized spacial score (nSPS) is 17.2. The van der Waals surface area contributed by atoms with E-state index in [0.717, 1.165) is 27.8 Å². The first-order chi connectivity index (χ1) is 9.85. The van der Waals surface area contributed by atoms with E-state index in [2.05, 4.69) is 67.0 Å². The number of rotatable bonds is 2. The van der Waals surface area contributed by atoms with Gasteiger partial charge in [-0.25, -0.2) is 0 Å². The Kier molecular flexibility index (Phi) is 3.79. The summed E-state index contributed by atoms with van der Waals surface area (Å²) in [6.07, 6.45) is 0.925. The number of halogens is 2. The van der Waals surface area contributed by atoms with Crippen molar-refractivity contribution in [2.75, 3.05) is 0 Å². The summed E-state index contributed by atoms with van der Waals surface area (Å²) in [5.41, 5.74) is 4.55. The highest BCUT2D eigenvalue weighted by atomic mass is 79.9. The van der Waals surface area contributed by atoms with E-state index in [1.54, 1.807) is 0 Å². The van der Waals surface area contributed by atoms with E-state index < -0.39 is 0 Å². The number of benzene rings is 2. The molecule has 21 heavy (non-hydrogen) atoms. The van der Waals surface area contributed by atoms with Crippen molar-refractivity contribution in [3.8, 4) is 5.75 Å². The van der Waals surface area contributed by atoms with Gasteiger partial charge in [-0.1, -0.05) is 40.2 Å². The molecule has 0 spiro atoms. The van der Waals surface area contributed by atoms with E-state index in [1.807, 2.05) is 6.07 Å². The molecule has 1 aliphatic heterocycles. The van der Waals surface area contributed by atoms with E-state index in [-0.39, 0.29) is 11.0 Å². The lowest BCUT2D eigenvalue weighted by Gasteiger charge is -2.16. The van der Waals surface area contributed by atoms with Gasteiger partial charge in [0.15, 0.2) is 0 Å². The van der Waals surface area contributed by atoms with E-state index in [9.17, 15) is 0 Å². The van der Waals surface area contributed by atoms with Crippen LogP contribution in [0.3, 0.4) is 0 Å². The van der Waals surface area contributed by atoms with Gasteiger partial charge < -0.3 is 4.74 Å². The smallest absolute Gasteiger partial charge is 0.123 e. The van der Waals surface area contributed by atoms with Crippen molar-refractivity contribution in [2.45, 2.75) is 38.2 Å². The molecule has 3 heteroatoms. The summed E-state index contributed by atoms with van der Waals surface area (Å²) in [7, 11) is 0. The Hall–Kier alpha value is -0.990. The van der Waals surface area contributed by atoms with E-state index >= 15 is 0 Å². The number of fused-ring (bicyclic) bond motifs is 1. The fraction of sp³-hybridized carbons (Fsp3) is 0.333. The van der Waals surface area contributed by atoms with Gasteiger partial charge in [0, 0.05) is 10.9 Å². The molecule has 0 fully saturated rings. The van der Waals surface area contributed by atoms with Gasteiger partial charge in [0.25, 0.3) is 0 Å². The van der Waals surface area contributed by atoms with Crippen molar-refractivity contribution in [2.24, 2.45) is 0 Å². The highest BCUT2D eigenvalue weighted by molar-refractivity contribution is 9.10. The van der Waals surface area contributed by atoms with Crippen LogP contribution in [0, 0.1) is 6.92 Å². The molecule has 0 saturated carbocycles. The van der Waals surface area contributed by atoms with E-state index in [4.69, 9.17) is 16.3 Å². The SMILES string of the molecule is Cc1ccc(C(Cl)c2ccc3c(c2)CC(C)(C)O3)c(Br)c1. The summed E-state index contributed by atoms with van der Waals surface area (Å²) in [6.45, 7) is 6.30. The maximum Gasteiger partial charge on any atom is 0.123 e. The van der Waals surface area contributed by atoms with Gasteiger partial charge in [-0.3, -0.25) is 0 Å². The van der Waals surface area contributed by atoms with Gasteiger partial charge in [-0.05, 0) is 55.2 Å². The van der Waals surface area contributed by atoms with Crippen molar-refractivity contribution < 1.29 is 4.74 Å². The average molecular weight is 366 g/mol. The predicted octanol–water partition coefficient (Wildman–Crippen LogP) is 5.80. The maximum atomic E-state index is 6.69. The van der Waals surface area contributed by atoms with E-state index in [1.165, 1.54) is 11.1 Å². The van der Waals surface area contributed by atoms with Crippen molar-refractivity contribution >= 4 is 27.5 Å². The zero-order chi connectivity index (χ0) is 15.2. The minimum absolute atomic E-state index is 0.118. The van der Waals surface area contributed by atoms with Crippen molar-refractivity contribution in [3.63, 3.8) is 0 Å². The molecule has 0 aromatic heterocycles. The van der Waals surface area contributed by atoms with Crippen LogP contribution in [-0.4, -0.2) is 5.60 Å². The third-order valence-electron chi connectivity index (χ3n) is 3.81. The highest BCUT2D eigenvalue weighted by Crippen LogP contribution is 2.40. The lowest BCUT2D eigenvalue weighted by molar-refractivity contribution is 0.138. The Bertz CT molecular complexity index is 694. The molecule has 0 saturated heterocycles. The van der Waals surface area contributed by atoms with E-state index in [0.29, 0.717) is 0 Å². The molecule has 3 rings (SSSR count). The second-order valence-electron chi connectivity index (χ2n) is 6.29. The van der Waals surface area contributed by atoms with Crippen LogP contribution >= 0.6 is 27.5 Å². The van der Waals surface area contributed by atoms with Crippen LogP contribution in [0.2, 0.25) is 0 Å². The lowest BCUT2D eigenvalue weighted by atomic mass is 9.97. The summed E-state index contributed by atoms with van der Waals surface area (Å²) in [4.78, 5) is 0. The quantitative estimate of drug-likeness (QED) is 0.611. The Morgan fingerprint density at radius 3 is 2.67 bits per heavy atom. The van der Waals surface area contributed by atoms with Crippen molar-refractivity contribution in [3.05, 3.63) is 63.1 Å². The zero-order valence-corrected chi connectivity index (χ0v) is 14.8. The van der Waals surface area contributed by atoms with Gasteiger partial charge in [0.2, 0.25) is 0 Å². The summed E-state index contributed by atoms with van der Waals surface area (Å²) >= 11 is 10.3. The third-order valence-corrected chi connectivity index (χ3v) is 4.98. The second-order valence-corrected chi connectivity index (χ2v) is 7.58. The lowest BCUT2D eigenvalue weighted by Crippen LogP contribution is -2.24. The summed E-state index contributed by atoms with van der Waals surface area (Å²) in [5.74, 6) is 0.982. The first kappa shape index (κ1) is 14.9. The first-order valence-electron chi connectivity index (χ1n) is 7.08. The third kappa shape index (κ3) is 2.97. The molecule has 0 amide bonds. The number of ether oxygens (including phenoxy) is 1. The highest BCUT2D eigenvalue weighted by Gasteiger charge is 2.30. The number of aryl methyl sites for hydroxylation is 1. The van der Waals surface area contributed by atoms with Crippen LogP contribution in [0.4, 0.5) is 0 Å². The molecule has 0 aliphatic carbocycles. The molecule has 110 valence electrons. The molecule has 1 heterocycles. The number of hydrogen-bond acceptors (Lipinski definition) is 1. The van der Waals surface area contributed by atoms with Crippen LogP contribution < -0.4 is 4.74 Å². The topological polar surface area (TPSA) is 9.23 Å². The molecule has 0 radical (unpaired) electrons. The predicted molar refractivity (Wildman–Crippen MR) is 91.4 cm³/mol. The summed E-state index contributed by atoms with van der Waals surface area (Å²) in [6, 6.07) is 12.6. The molecule has 2 aromatic carbocycles. The molecular weight excluding hydrogens is 348 g/mol. The van der Waals surface area contributed by atoms with Gasteiger partial charge in [0.1, 0.15) is 11.4 Å². The average Bonchev–Trinajstić information content (AvgIpc) is 2.70. The van der Waals surface area contributed by atoms with Crippen LogP contribution in [0.1, 0.15) is 41.5 Å². The Morgan fingerprint density at radius 1 is 1.19 bits per heavy atom. The molecular formula is C18H18BrClO. The minimum atomic E-state index is -0.158. The van der Waals surface area contributed by atoms with Crippen LogP contribution in [-0.2, 0) is 6.42 Å². The molecule has 0 bridgehead atoms. The first-order valence-corrected chi connectivity index (χ1v) is 8.31. The van der Waals surface area contributed by atoms with Crippen LogP contribution in [0.15, 0.2) is 40.9 Å².